The van der Waals surface area contributed by atoms with Crippen molar-refractivity contribution < 1.29 is 4.79 Å². The van der Waals surface area contributed by atoms with Gasteiger partial charge in [0.1, 0.15) is 0 Å². The van der Waals surface area contributed by atoms with E-state index < -0.39 is 0 Å². The molecule has 2 amide bonds. The second-order valence-electron chi connectivity index (χ2n) is 5.86. The topological polar surface area (TPSA) is 54.0 Å². The van der Waals surface area contributed by atoms with Crippen molar-refractivity contribution in [1.82, 2.24) is 10.3 Å². The molecule has 1 saturated carbocycles. The standard InChI is InChI=1S/C19H17N3O/c23-19(22-18-11-16(18)13-5-2-1-3-6-13)21-17-8-4-7-14-12-20-10-9-15(14)17/h1-10,12,16,18H,11H2,(H2,21,22,23)/t16-,18+/m0/s1. The Morgan fingerprint density at radius 1 is 1.04 bits per heavy atom. The van der Waals surface area contributed by atoms with Gasteiger partial charge in [-0.15, -0.1) is 0 Å². The van der Waals surface area contributed by atoms with Gasteiger partial charge in [-0.1, -0.05) is 42.5 Å². The number of carbonyl (C=O) groups excluding carboxylic acids is 1. The lowest BCUT2D eigenvalue weighted by molar-refractivity contribution is 0.251. The Hall–Kier alpha value is -2.88. The van der Waals surface area contributed by atoms with Crippen molar-refractivity contribution in [3.05, 3.63) is 72.6 Å². The quantitative estimate of drug-likeness (QED) is 0.770. The first-order chi connectivity index (χ1) is 11.3. The van der Waals surface area contributed by atoms with Crippen LogP contribution < -0.4 is 10.6 Å². The molecule has 3 aromatic rings. The highest BCUT2D eigenvalue weighted by Gasteiger charge is 2.39. The zero-order valence-corrected chi connectivity index (χ0v) is 12.6. The Balaban J connectivity index is 1.43. The fraction of sp³-hybridized carbons (Fsp3) is 0.158. The third kappa shape index (κ3) is 2.88. The van der Waals surface area contributed by atoms with Gasteiger partial charge in [-0.05, 0) is 24.1 Å². The molecule has 1 aliphatic carbocycles. The Labute approximate surface area is 134 Å². The highest BCUT2D eigenvalue weighted by atomic mass is 16.2. The van der Waals surface area contributed by atoms with Gasteiger partial charge < -0.3 is 10.6 Å². The van der Waals surface area contributed by atoms with E-state index in [4.69, 9.17) is 0 Å². The molecule has 0 aliphatic heterocycles. The third-order valence-corrected chi connectivity index (χ3v) is 4.26. The number of aromatic nitrogens is 1. The smallest absolute Gasteiger partial charge is 0.319 e. The van der Waals surface area contributed by atoms with Crippen LogP contribution in [-0.4, -0.2) is 17.1 Å². The van der Waals surface area contributed by atoms with E-state index in [1.807, 2.05) is 42.5 Å². The van der Waals surface area contributed by atoms with Crippen LogP contribution in [0.3, 0.4) is 0 Å². The molecule has 1 heterocycles. The number of carbonyl (C=O) groups is 1. The molecule has 0 spiro atoms. The highest BCUT2D eigenvalue weighted by Crippen LogP contribution is 2.40. The maximum atomic E-state index is 12.2. The van der Waals surface area contributed by atoms with Crippen LogP contribution in [0.4, 0.5) is 10.5 Å². The Bertz CT molecular complexity index is 842. The SMILES string of the molecule is O=C(Nc1cccc2cnccc12)N[C@@H]1C[C@H]1c1ccccc1. The summed E-state index contributed by atoms with van der Waals surface area (Å²) in [5.41, 5.74) is 2.09. The van der Waals surface area contributed by atoms with E-state index in [1.165, 1.54) is 5.56 Å². The minimum atomic E-state index is -0.155. The minimum Gasteiger partial charge on any atom is -0.334 e. The van der Waals surface area contributed by atoms with E-state index >= 15 is 0 Å². The number of anilines is 1. The van der Waals surface area contributed by atoms with Crippen molar-refractivity contribution in [3.8, 4) is 0 Å². The van der Waals surface area contributed by atoms with Gasteiger partial charge in [0, 0.05) is 35.1 Å². The number of urea groups is 1. The van der Waals surface area contributed by atoms with E-state index in [0.29, 0.717) is 5.92 Å². The van der Waals surface area contributed by atoms with Crippen LogP contribution in [0.15, 0.2) is 67.0 Å². The maximum absolute atomic E-state index is 12.2. The molecular formula is C19H17N3O. The summed E-state index contributed by atoms with van der Waals surface area (Å²) in [4.78, 5) is 16.4. The first-order valence-electron chi connectivity index (χ1n) is 7.76. The van der Waals surface area contributed by atoms with Gasteiger partial charge in [-0.2, -0.15) is 0 Å². The van der Waals surface area contributed by atoms with Crippen molar-refractivity contribution in [1.29, 1.82) is 0 Å². The first-order valence-corrected chi connectivity index (χ1v) is 7.76. The van der Waals surface area contributed by atoms with E-state index in [1.54, 1.807) is 12.4 Å². The van der Waals surface area contributed by atoms with Crippen molar-refractivity contribution >= 4 is 22.5 Å². The summed E-state index contributed by atoms with van der Waals surface area (Å²) in [5, 5.41) is 8.01. The van der Waals surface area contributed by atoms with Gasteiger partial charge in [0.05, 0.1) is 5.69 Å². The van der Waals surface area contributed by atoms with Crippen LogP contribution >= 0.6 is 0 Å². The number of hydrogen-bond donors (Lipinski definition) is 2. The summed E-state index contributed by atoms with van der Waals surface area (Å²) in [7, 11) is 0. The number of rotatable bonds is 3. The van der Waals surface area contributed by atoms with Crippen molar-refractivity contribution in [2.24, 2.45) is 0 Å². The second-order valence-corrected chi connectivity index (χ2v) is 5.86. The second kappa shape index (κ2) is 5.72. The summed E-state index contributed by atoms with van der Waals surface area (Å²) in [6.45, 7) is 0. The number of nitrogens with zero attached hydrogens (tertiary/aromatic N) is 1. The molecular weight excluding hydrogens is 286 g/mol. The number of fused-ring (bicyclic) bond motifs is 1. The van der Waals surface area contributed by atoms with Gasteiger partial charge in [0.25, 0.3) is 0 Å². The van der Waals surface area contributed by atoms with Crippen molar-refractivity contribution in [3.63, 3.8) is 0 Å². The predicted molar refractivity (Wildman–Crippen MR) is 91.5 cm³/mol. The number of amides is 2. The Morgan fingerprint density at radius 3 is 2.78 bits per heavy atom. The summed E-state index contributed by atoms with van der Waals surface area (Å²) in [5.74, 6) is 0.429. The fourth-order valence-electron chi connectivity index (χ4n) is 2.98. The van der Waals surface area contributed by atoms with Gasteiger partial charge in [-0.25, -0.2) is 4.79 Å². The lowest BCUT2D eigenvalue weighted by Crippen LogP contribution is -2.31. The summed E-state index contributed by atoms with van der Waals surface area (Å²) >= 11 is 0. The minimum absolute atomic E-state index is 0.155. The van der Waals surface area contributed by atoms with Crippen molar-refractivity contribution in [2.45, 2.75) is 18.4 Å². The van der Waals surface area contributed by atoms with Crippen LogP contribution in [0.25, 0.3) is 10.8 Å². The monoisotopic (exact) mass is 303 g/mol. The van der Waals surface area contributed by atoms with Crippen LogP contribution in [0.2, 0.25) is 0 Å². The molecule has 4 nitrogen and oxygen atoms in total. The van der Waals surface area contributed by atoms with Crippen LogP contribution in [0, 0.1) is 0 Å². The maximum Gasteiger partial charge on any atom is 0.319 e. The molecule has 0 bridgehead atoms. The Morgan fingerprint density at radius 2 is 1.91 bits per heavy atom. The number of hydrogen-bond acceptors (Lipinski definition) is 2. The van der Waals surface area contributed by atoms with Gasteiger partial charge in [-0.3, -0.25) is 4.98 Å². The van der Waals surface area contributed by atoms with E-state index in [2.05, 4.69) is 27.8 Å². The molecule has 4 heteroatoms. The van der Waals surface area contributed by atoms with Crippen LogP contribution in [0.1, 0.15) is 17.9 Å². The van der Waals surface area contributed by atoms with Gasteiger partial charge in [0.15, 0.2) is 0 Å². The fourth-order valence-corrected chi connectivity index (χ4v) is 2.98. The largest absolute Gasteiger partial charge is 0.334 e. The molecule has 2 N–H and O–H groups in total. The molecule has 114 valence electrons. The summed E-state index contributed by atoms with van der Waals surface area (Å²) in [6.07, 6.45) is 4.53. The van der Waals surface area contributed by atoms with E-state index in [9.17, 15) is 4.79 Å². The molecule has 0 unspecified atom stereocenters. The number of benzene rings is 2. The third-order valence-electron chi connectivity index (χ3n) is 4.26. The lowest BCUT2D eigenvalue weighted by atomic mass is 10.1. The van der Waals surface area contributed by atoms with E-state index in [-0.39, 0.29) is 12.1 Å². The first kappa shape index (κ1) is 13.8. The molecule has 0 saturated heterocycles. The molecule has 4 rings (SSSR count). The molecule has 23 heavy (non-hydrogen) atoms. The molecule has 2 atom stereocenters. The van der Waals surface area contributed by atoms with Crippen molar-refractivity contribution in [2.75, 3.05) is 5.32 Å². The van der Waals surface area contributed by atoms with Crippen LogP contribution in [-0.2, 0) is 0 Å². The zero-order valence-electron chi connectivity index (χ0n) is 12.6. The van der Waals surface area contributed by atoms with Gasteiger partial charge >= 0.3 is 6.03 Å². The summed E-state index contributed by atoms with van der Waals surface area (Å²) < 4.78 is 0. The number of nitrogens with one attached hydrogen (secondary N) is 2. The zero-order chi connectivity index (χ0) is 15.6. The predicted octanol–water partition coefficient (Wildman–Crippen LogP) is 3.91. The number of pyridine rings is 1. The van der Waals surface area contributed by atoms with Crippen LogP contribution in [0.5, 0.6) is 0 Å². The Kier molecular flexibility index (Phi) is 3.42. The summed E-state index contributed by atoms with van der Waals surface area (Å²) in [6, 6.07) is 18.1. The molecule has 2 aromatic carbocycles. The van der Waals surface area contributed by atoms with Gasteiger partial charge in [0.2, 0.25) is 0 Å². The van der Waals surface area contributed by atoms with E-state index in [0.717, 1.165) is 22.9 Å². The molecule has 1 aromatic heterocycles. The average molecular weight is 303 g/mol. The highest BCUT2D eigenvalue weighted by molar-refractivity contribution is 6.01. The average Bonchev–Trinajstić information content (AvgIpc) is 3.35. The lowest BCUT2D eigenvalue weighted by Gasteiger charge is -2.10. The molecule has 0 radical (unpaired) electrons. The normalized spacial score (nSPS) is 19.3. The molecule has 1 fully saturated rings. The molecule has 1 aliphatic rings.